The second kappa shape index (κ2) is 6.72. The highest BCUT2D eigenvalue weighted by atomic mass is 79.9. The van der Waals surface area contributed by atoms with Crippen LogP contribution >= 0.6 is 27.3 Å². The Bertz CT molecular complexity index is 343. The highest BCUT2D eigenvalue weighted by molar-refractivity contribution is 9.10. The first-order valence-corrected chi connectivity index (χ1v) is 6.66. The molecule has 17 heavy (non-hydrogen) atoms. The smallest absolute Gasteiger partial charge is 0.372 e. The topological polar surface area (TPSA) is 21.3 Å². The largest absolute Gasteiger partial charge is 0.411 e. The zero-order valence-corrected chi connectivity index (χ0v) is 11.6. The van der Waals surface area contributed by atoms with Crippen LogP contribution in [-0.2, 0) is 4.74 Å². The van der Waals surface area contributed by atoms with Gasteiger partial charge in [-0.25, -0.2) is 0 Å². The molecule has 0 amide bonds. The fourth-order valence-electron chi connectivity index (χ4n) is 1.35. The Morgan fingerprint density at radius 1 is 1.53 bits per heavy atom. The molecule has 1 atom stereocenters. The highest BCUT2D eigenvalue weighted by Gasteiger charge is 2.27. The van der Waals surface area contributed by atoms with Gasteiger partial charge >= 0.3 is 6.18 Å². The van der Waals surface area contributed by atoms with Crippen LogP contribution in [0.5, 0.6) is 0 Å². The molecule has 1 aromatic rings. The molecule has 0 aliphatic heterocycles. The Hall–Kier alpha value is -0.110. The Morgan fingerprint density at radius 2 is 2.24 bits per heavy atom. The number of ether oxygens (including phenoxy) is 1. The number of hydrogen-bond donors (Lipinski definition) is 1. The lowest BCUT2D eigenvalue weighted by Crippen LogP contribution is -2.21. The zero-order chi connectivity index (χ0) is 12.9. The van der Waals surface area contributed by atoms with E-state index >= 15 is 0 Å². The van der Waals surface area contributed by atoms with Crippen LogP contribution in [0.4, 0.5) is 13.2 Å². The van der Waals surface area contributed by atoms with Crippen LogP contribution in [0.1, 0.15) is 17.3 Å². The van der Waals surface area contributed by atoms with E-state index in [0.717, 1.165) is 9.35 Å². The van der Waals surface area contributed by atoms with Crippen molar-refractivity contribution in [3.05, 3.63) is 20.8 Å². The first kappa shape index (κ1) is 14.9. The van der Waals surface area contributed by atoms with E-state index in [1.54, 1.807) is 18.4 Å². The van der Waals surface area contributed by atoms with E-state index in [-0.39, 0.29) is 12.6 Å². The van der Waals surface area contributed by atoms with Crippen molar-refractivity contribution in [3.63, 3.8) is 0 Å². The molecule has 1 unspecified atom stereocenters. The summed E-state index contributed by atoms with van der Waals surface area (Å²) in [5.74, 6) is 0. The van der Waals surface area contributed by atoms with Gasteiger partial charge in [0, 0.05) is 22.0 Å². The summed E-state index contributed by atoms with van der Waals surface area (Å²) in [6.07, 6.45) is -3.75. The summed E-state index contributed by atoms with van der Waals surface area (Å²) in [5.41, 5.74) is 0. The van der Waals surface area contributed by atoms with Crippen molar-refractivity contribution in [2.24, 2.45) is 0 Å². The van der Waals surface area contributed by atoms with Crippen LogP contribution in [-0.4, -0.2) is 26.4 Å². The molecule has 0 radical (unpaired) electrons. The van der Waals surface area contributed by atoms with E-state index < -0.39 is 12.8 Å². The van der Waals surface area contributed by atoms with Gasteiger partial charge in [-0.1, -0.05) is 0 Å². The summed E-state index contributed by atoms with van der Waals surface area (Å²) < 4.78 is 41.1. The molecule has 98 valence electrons. The number of nitrogens with one attached hydrogen (secondary N) is 1. The van der Waals surface area contributed by atoms with Gasteiger partial charge in [0.1, 0.15) is 6.61 Å². The average molecular weight is 332 g/mol. The molecule has 0 bridgehead atoms. The Morgan fingerprint density at radius 3 is 2.71 bits per heavy atom. The second-order valence-electron chi connectivity index (χ2n) is 3.43. The molecular formula is C10H13BrF3NOS. The molecule has 7 heteroatoms. The predicted molar refractivity (Wildman–Crippen MR) is 65.3 cm³/mol. The molecule has 1 N–H and O–H groups in total. The molecule has 0 aliphatic rings. The average Bonchev–Trinajstić information content (AvgIpc) is 2.63. The van der Waals surface area contributed by atoms with E-state index in [0.29, 0.717) is 6.42 Å². The number of alkyl halides is 3. The first-order valence-electron chi connectivity index (χ1n) is 4.98. The van der Waals surface area contributed by atoms with Gasteiger partial charge in [0.25, 0.3) is 0 Å². The summed E-state index contributed by atoms with van der Waals surface area (Å²) in [4.78, 5) is 1.07. The summed E-state index contributed by atoms with van der Waals surface area (Å²) in [5, 5.41) is 4.99. The maximum Gasteiger partial charge on any atom is 0.411 e. The predicted octanol–water partition coefficient (Wildman–Crippen LogP) is 3.74. The van der Waals surface area contributed by atoms with E-state index in [1.807, 2.05) is 11.4 Å². The summed E-state index contributed by atoms with van der Waals surface area (Å²) >= 11 is 4.96. The lowest BCUT2D eigenvalue weighted by Gasteiger charge is -2.15. The summed E-state index contributed by atoms with van der Waals surface area (Å²) in [6, 6.07) is 1.93. The third kappa shape index (κ3) is 5.37. The third-order valence-corrected chi connectivity index (χ3v) is 4.11. The van der Waals surface area contributed by atoms with Crippen LogP contribution in [0.2, 0.25) is 0 Å². The van der Waals surface area contributed by atoms with Gasteiger partial charge in [0.05, 0.1) is 0 Å². The molecule has 1 rings (SSSR count). The van der Waals surface area contributed by atoms with Crippen molar-refractivity contribution < 1.29 is 17.9 Å². The lowest BCUT2D eigenvalue weighted by atomic mass is 10.2. The maximum absolute atomic E-state index is 11.9. The van der Waals surface area contributed by atoms with Gasteiger partial charge in [0.2, 0.25) is 0 Å². The third-order valence-electron chi connectivity index (χ3n) is 2.13. The van der Waals surface area contributed by atoms with Gasteiger partial charge in [-0.05, 0) is 40.8 Å². The van der Waals surface area contributed by atoms with E-state index in [4.69, 9.17) is 0 Å². The van der Waals surface area contributed by atoms with Gasteiger partial charge in [-0.3, -0.25) is 0 Å². The SMILES string of the molecule is CNC(CCOCC(F)(F)F)c1sccc1Br. The van der Waals surface area contributed by atoms with E-state index in [9.17, 15) is 13.2 Å². The van der Waals surface area contributed by atoms with Gasteiger partial charge in [-0.2, -0.15) is 13.2 Å². The number of hydrogen-bond acceptors (Lipinski definition) is 3. The zero-order valence-electron chi connectivity index (χ0n) is 9.18. The minimum atomic E-state index is -4.25. The molecule has 0 saturated heterocycles. The van der Waals surface area contributed by atoms with Crippen molar-refractivity contribution in [1.82, 2.24) is 5.32 Å². The van der Waals surface area contributed by atoms with Crippen molar-refractivity contribution in [2.75, 3.05) is 20.3 Å². The maximum atomic E-state index is 11.9. The second-order valence-corrected chi connectivity index (χ2v) is 5.23. The first-order chi connectivity index (χ1) is 7.94. The Labute approximate surface area is 110 Å². The van der Waals surface area contributed by atoms with Crippen LogP contribution in [0.3, 0.4) is 0 Å². The number of rotatable bonds is 6. The molecule has 0 aromatic carbocycles. The van der Waals surface area contributed by atoms with Gasteiger partial charge < -0.3 is 10.1 Å². The van der Waals surface area contributed by atoms with Crippen molar-refractivity contribution >= 4 is 27.3 Å². The Balaban J connectivity index is 2.37. The summed E-state index contributed by atoms with van der Waals surface area (Å²) in [7, 11) is 1.78. The number of thiophene rings is 1. The lowest BCUT2D eigenvalue weighted by molar-refractivity contribution is -0.174. The quantitative estimate of drug-likeness (QED) is 0.802. The van der Waals surface area contributed by atoms with Crippen molar-refractivity contribution in [1.29, 1.82) is 0 Å². The standard InChI is InChI=1S/C10H13BrF3NOS/c1-15-8(9-7(11)3-5-17-9)2-4-16-6-10(12,13)14/h3,5,8,15H,2,4,6H2,1H3. The normalized spacial score (nSPS) is 13.9. The molecule has 1 aromatic heterocycles. The fourth-order valence-corrected chi connectivity index (χ4v) is 3.14. The van der Waals surface area contributed by atoms with Crippen LogP contribution < -0.4 is 5.32 Å². The van der Waals surface area contributed by atoms with Gasteiger partial charge in [0.15, 0.2) is 0 Å². The van der Waals surface area contributed by atoms with Crippen LogP contribution in [0.25, 0.3) is 0 Å². The molecular weight excluding hydrogens is 319 g/mol. The molecule has 0 spiro atoms. The monoisotopic (exact) mass is 331 g/mol. The Kier molecular flexibility index (Phi) is 5.91. The van der Waals surface area contributed by atoms with E-state index in [1.165, 1.54) is 0 Å². The molecule has 0 fully saturated rings. The fraction of sp³-hybridized carbons (Fsp3) is 0.600. The molecule has 2 nitrogen and oxygen atoms in total. The molecule has 0 saturated carbocycles. The number of halogens is 4. The molecule has 0 aliphatic carbocycles. The van der Waals surface area contributed by atoms with Crippen molar-refractivity contribution in [3.8, 4) is 0 Å². The van der Waals surface area contributed by atoms with Crippen LogP contribution in [0, 0.1) is 0 Å². The van der Waals surface area contributed by atoms with Crippen molar-refractivity contribution in [2.45, 2.75) is 18.6 Å². The van der Waals surface area contributed by atoms with E-state index in [2.05, 4.69) is 26.0 Å². The molecule has 1 heterocycles. The summed E-state index contributed by atoms with van der Waals surface area (Å²) in [6.45, 7) is -1.11. The highest BCUT2D eigenvalue weighted by Crippen LogP contribution is 2.30. The minimum absolute atomic E-state index is 0.0117. The van der Waals surface area contributed by atoms with Gasteiger partial charge in [-0.15, -0.1) is 11.3 Å². The van der Waals surface area contributed by atoms with Crippen LogP contribution in [0.15, 0.2) is 15.9 Å². The minimum Gasteiger partial charge on any atom is -0.372 e.